The molecule has 1 saturated heterocycles. The van der Waals surface area contributed by atoms with Gasteiger partial charge < -0.3 is 5.32 Å². The second-order valence-electron chi connectivity index (χ2n) is 5.97. The Kier molecular flexibility index (Phi) is 5.58. The smallest absolute Gasteiger partial charge is 0.137 e. The van der Waals surface area contributed by atoms with Crippen molar-refractivity contribution in [3.8, 4) is 0 Å². The fraction of sp³-hybridized carbons (Fsp3) is 0.625. The molecule has 2 rings (SSSR count). The lowest BCUT2D eigenvalue weighted by atomic mass is 9.97. The van der Waals surface area contributed by atoms with Gasteiger partial charge in [0.05, 0.1) is 4.47 Å². The number of nitrogens with one attached hydrogen (secondary N) is 1. The minimum absolute atomic E-state index is 0.175. The number of rotatable bonds is 4. The molecule has 0 amide bonds. The standard InChI is InChI=1S/C16H24BrFN2/c1-4-13-10-20(15(8-19-13)11(2)3)9-12-6-5-7-14(18)16(12)17/h5-7,11,13,15,19H,4,8-10H2,1-3H3. The van der Waals surface area contributed by atoms with Crippen molar-refractivity contribution in [1.29, 1.82) is 0 Å². The van der Waals surface area contributed by atoms with Gasteiger partial charge in [-0.25, -0.2) is 4.39 Å². The van der Waals surface area contributed by atoms with Crippen molar-refractivity contribution in [2.45, 2.75) is 45.8 Å². The molecular formula is C16H24BrFN2. The molecule has 4 heteroatoms. The highest BCUT2D eigenvalue weighted by Gasteiger charge is 2.29. The number of hydrogen-bond acceptors (Lipinski definition) is 2. The van der Waals surface area contributed by atoms with Crippen molar-refractivity contribution < 1.29 is 4.39 Å². The van der Waals surface area contributed by atoms with E-state index in [1.54, 1.807) is 6.07 Å². The van der Waals surface area contributed by atoms with Gasteiger partial charge in [0.25, 0.3) is 0 Å². The highest BCUT2D eigenvalue weighted by Crippen LogP contribution is 2.25. The summed E-state index contributed by atoms with van der Waals surface area (Å²) in [4.78, 5) is 2.49. The molecular weight excluding hydrogens is 319 g/mol. The lowest BCUT2D eigenvalue weighted by Crippen LogP contribution is -2.57. The Morgan fingerprint density at radius 1 is 1.45 bits per heavy atom. The normalized spacial score (nSPS) is 24.3. The summed E-state index contributed by atoms with van der Waals surface area (Å²) >= 11 is 3.38. The number of nitrogens with zero attached hydrogens (tertiary/aromatic N) is 1. The fourth-order valence-corrected chi connectivity index (χ4v) is 3.29. The van der Waals surface area contributed by atoms with Gasteiger partial charge in [-0.2, -0.15) is 0 Å². The van der Waals surface area contributed by atoms with E-state index in [9.17, 15) is 4.39 Å². The Bertz CT molecular complexity index is 450. The van der Waals surface area contributed by atoms with E-state index >= 15 is 0 Å². The van der Waals surface area contributed by atoms with E-state index in [2.05, 4.69) is 46.9 Å². The summed E-state index contributed by atoms with van der Waals surface area (Å²) in [5, 5.41) is 3.61. The summed E-state index contributed by atoms with van der Waals surface area (Å²) < 4.78 is 14.3. The number of halogens is 2. The van der Waals surface area contributed by atoms with Crippen LogP contribution in [0.5, 0.6) is 0 Å². The third-order valence-electron chi connectivity index (χ3n) is 4.21. The molecule has 1 aromatic rings. The van der Waals surface area contributed by atoms with E-state index in [4.69, 9.17) is 0 Å². The summed E-state index contributed by atoms with van der Waals surface area (Å²) in [6, 6.07) is 6.35. The van der Waals surface area contributed by atoms with Crippen LogP contribution in [0, 0.1) is 11.7 Å². The highest BCUT2D eigenvalue weighted by molar-refractivity contribution is 9.10. The molecule has 0 radical (unpaired) electrons. The molecule has 0 spiro atoms. The molecule has 1 aromatic carbocycles. The topological polar surface area (TPSA) is 15.3 Å². The zero-order chi connectivity index (χ0) is 14.7. The molecule has 112 valence electrons. The second kappa shape index (κ2) is 7.01. The lowest BCUT2D eigenvalue weighted by Gasteiger charge is -2.42. The van der Waals surface area contributed by atoms with E-state index in [0.29, 0.717) is 22.5 Å². The van der Waals surface area contributed by atoms with Crippen molar-refractivity contribution in [1.82, 2.24) is 10.2 Å². The molecule has 2 atom stereocenters. The SMILES string of the molecule is CCC1CN(Cc2cccc(F)c2Br)C(C(C)C)CN1. The minimum Gasteiger partial charge on any atom is -0.311 e. The molecule has 1 N–H and O–H groups in total. The van der Waals surface area contributed by atoms with E-state index < -0.39 is 0 Å². The summed E-state index contributed by atoms with van der Waals surface area (Å²) in [5.74, 6) is 0.415. The van der Waals surface area contributed by atoms with Gasteiger partial charge in [0.15, 0.2) is 0 Å². The molecule has 20 heavy (non-hydrogen) atoms. The van der Waals surface area contributed by atoms with Crippen LogP contribution in [0.15, 0.2) is 22.7 Å². The molecule has 1 aliphatic heterocycles. The van der Waals surface area contributed by atoms with Gasteiger partial charge in [-0.05, 0) is 39.9 Å². The zero-order valence-electron chi connectivity index (χ0n) is 12.5. The zero-order valence-corrected chi connectivity index (χ0v) is 14.1. The third-order valence-corrected chi connectivity index (χ3v) is 5.09. The van der Waals surface area contributed by atoms with Gasteiger partial charge in [-0.1, -0.05) is 32.9 Å². The van der Waals surface area contributed by atoms with Gasteiger partial charge in [0.2, 0.25) is 0 Å². The van der Waals surface area contributed by atoms with Crippen molar-refractivity contribution in [3.05, 3.63) is 34.1 Å². The first-order chi connectivity index (χ1) is 9.52. The van der Waals surface area contributed by atoms with Gasteiger partial charge in [0, 0.05) is 31.7 Å². The van der Waals surface area contributed by atoms with E-state index in [-0.39, 0.29) is 5.82 Å². The first-order valence-electron chi connectivity index (χ1n) is 7.43. The Labute approximate surface area is 129 Å². The van der Waals surface area contributed by atoms with E-state index in [1.165, 1.54) is 6.07 Å². The maximum atomic E-state index is 13.7. The van der Waals surface area contributed by atoms with Gasteiger partial charge >= 0.3 is 0 Å². The molecule has 1 heterocycles. The van der Waals surface area contributed by atoms with Crippen LogP contribution in [0.25, 0.3) is 0 Å². The van der Waals surface area contributed by atoms with Crippen LogP contribution in [0.3, 0.4) is 0 Å². The Morgan fingerprint density at radius 3 is 2.85 bits per heavy atom. The Morgan fingerprint density at radius 2 is 2.20 bits per heavy atom. The summed E-state index contributed by atoms with van der Waals surface area (Å²) in [5.41, 5.74) is 1.03. The van der Waals surface area contributed by atoms with Crippen molar-refractivity contribution in [2.24, 2.45) is 5.92 Å². The number of piperazine rings is 1. The second-order valence-corrected chi connectivity index (χ2v) is 6.76. The fourth-order valence-electron chi connectivity index (χ4n) is 2.90. The molecule has 1 aliphatic rings. The predicted octanol–water partition coefficient (Wildman–Crippen LogP) is 3.80. The number of hydrogen-bond donors (Lipinski definition) is 1. The average Bonchev–Trinajstić information content (AvgIpc) is 2.43. The molecule has 1 fully saturated rings. The molecule has 2 unspecified atom stereocenters. The molecule has 0 saturated carbocycles. The lowest BCUT2D eigenvalue weighted by molar-refractivity contribution is 0.0897. The maximum absolute atomic E-state index is 13.7. The van der Waals surface area contributed by atoms with Crippen LogP contribution in [0.1, 0.15) is 32.8 Å². The Hall–Kier alpha value is -0.450. The first-order valence-corrected chi connectivity index (χ1v) is 8.22. The molecule has 0 bridgehead atoms. The van der Waals surface area contributed by atoms with E-state index in [0.717, 1.165) is 31.6 Å². The van der Waals surface area contributed by atoms with Crippen LogP contribution < -0.4 is 5.32 Å². The maximum Gasteiger partial charge on any atom is 0.137 e. The summed E-state index contributed by atoms with van der Waals surface area (Å²) in [6.45, 7) is 9.58. The van der Waals surface area contributed by atoms with E-state index in [1.807, 2.05) is 6.07 Å². The minimum atomic E-state index is -0.175. The van der Waals surface area contributed by atoms with Crippen molar-refractivity contribution in [2.75, 3.05) is 13.1 Å². The average molecular weight is 343 g/mol. The van der Waals surface area contributed by atoms with Crippen LogP contribution in [-0.4, -0.2) is 30.1 Å². The summed E-state index contributed by atoms with van der Waals surface area (Å²) in [6.07, 6.45) is 1.13. The van der Waals surface area contributed by atoms with Crippen molar-refractivity contribution in [3.63, 3.8) is 0 Å². The number of benzene rings is 1. The van der Waals surface area contributed by atoms with Gasteiger partial charge in [-0.3, -0.25) is 4.90 Å². The predicted molar refractivity (Wildman–Crippen MR) is 85.2 cm³/mol. The van der Waals surface area contributed by atoms with Crippen LogP contribution in [-0.2, 0) is 6.54 Å². The van der Waals surface area contributed by atoms with Crippen molar-refractivity contribution >= 4 is 15.9 Å². The molecule has 0 aliphatic carbocycles. The third kappa shape index (κ3) is 3.60. The largest absolute Gasteiger partial charge is 0.311 e. The Balaban J connectivity index is 2.16. The van der Waals surface area contributed by atoms with Crippen LogP contribution in [0.4, 0.5) is 4.39 Å². The summed E-state index contributed by atoms with van der Waals surface area (Å²) in [7, 11) is 0. The molecule has 0 aromatic heterocycles. The van der Waals surface area contributed by atoms with Gasteiger partial charge in [0.1, 0.15) is 5.82 Å². The first kappa shape index (κ1) is 15.9. The molecule has 2 nitrogen and oxygen atoms in total. The van der Waals surface area contributed by atoms with Gasteiger partial charge in [-0.15, -0.1) is 0 Å². The highest BCUT2D eigenvalue weighted by atomic mass is 79.9. The monoisotopic (exact) mass is 342 g/mol. The van der Waals surface area contributed by atoms with Crippen LogP contribution >= 0.6 is 15.9 Å². The quantitative estimate of drug-likeness (QED) is 0.895. The van der Waals surface area contributed by atoms with Crippen LogP contribution in [0.2, 0.25) is 0 Å².